The number of nitrogens with one attached hydrogen (secondary N) is 2. The number of hydrogen-bond donors (Lipinski definition) is 2. The predicted octanol–water partition coefficient (Wildman–Crippen LogP) is 4.33. The van der Waals surface area contributed by atoms with E-state index in [2.05, 4.69) is 10.0 Å². The lowest BCUT2D eigenvalue weighted by Gasteiger charge is -2.12. The Balaban J connectivity index is 1.74. The van der Waals surface area contributed by atoms with Gasteiger partial charge in [0.15, 0.2) is 0 Å². The van der Waals surface area contributed by atoms with Gasteiger partial charge in [-0.3, -0.25) is 9.52 Å². The highest BCUT2D eigenvalue weighted by atomic mass is 35.5. The number of carbonyl (C=O) groups is 1. The fourth-order valence-electron chi connectivity index (χ4n) is 2.67. The first-order valence-electron chi connectivity index (χ1n) is 8.67. The Morgan fingerprint density at radius 2 is 1.72 bits per heavy atom. The lowest BCUT2D eigenvalue weighted by Crippen LogP contribution is -2.16. The standard InChI is InChI=1S/C21H19ClN2O4S/c1-28-20-8-3-2-7-19(20)24-29(26,27)18-6-4-5-17(14-18)23-21(25)13-15-9-11-16(22)12-10-15/h2-12,14,24H,13H2,1H3,(H,23,25). The Bertz CT molecular complexity index is 1120. The fraction of sp³-hybridized carbons (Fsp3) is 0.0952. The molecule has 0 bridgehead atoms. The molecule has 3 rings (SSSR count). The molecule has 0 aliphatic rings. The van der Waals surface area contributed by atoms with E-state index in [0.717, 1.165) is 5.56 Å². The lowest BCUT2D eigenvalue weighted by molar-refractivity contribution is -0.115. The minimum Gasteiger partial charge on any atom is -0.495 e. The number of sulfonamides is 1. The van der Waals surface area contributed by atoms with Gasteiger partial charge < -0.3 is 10.1 Å². The van der Waals surface area contributed by atoms with E-state index in [0.29, 0.717) is 22.1 Å². The second-order valence-corrected chi connectivity index (χ2v) is 8.30. The molecule has 8 heteroatoms. The van der Waals surface area contributed by atoms with E-state index in [1.165, 1.54) is 19.2 Å². The summed E-state index contributed by atoms with van der Waals surface area (Å²) in [5.41, 5.74) is 1.51. The minimum absolute atomic E-state index is 0.0210. The third-order valence-corrected chi connectivity index (χ3v) is 5.67. The summed E-state index contributed by atoms with van der Waals surface area (Å²) >= 11 is 5.84. The molecule has 0 unspecified atom stereocenters. The molecule has 0 spiro atoms. The van der Waals surface area contributed by atoms with Crippen molar-refractivity contribution in [1.82, 2.24) is 0 Å². The van der Waals surface area contributed by atoms with Crippen molar-refractivity contribution in [2.45, 2.75) is 11.3 Å². The quantitative estimate of drug-likeness (QED) is 0.584. The zero-order valence-electron chi connectivity index (χ0n) is 15.6. The van der Waals surface area contributed by atoms with Crippen LogP contribution < -0.4 is 14.8 Å². The zero-order valence-corrected chi connectivity index (χ0v) is 17.1. The Morgan fingerprint density at radius 3 is 2.45 bits per heavy atom. The van der Waals surface area contributed by atoms with E-state index in [4.69, 9.17) is 16.3 Å². The van der Waals surface area contributed by atoms with Gasteiger partial charge in [-0.15, -0.1) is 0 Å². The molecule has 2 N–H and O–H groups in total. The second-order valence-electron chi connectivity index (χ2n) is 6.19. The number of ether oxygens (including phenoxy) is 1. The van der Waals surface area contributed by atoms with Crippen LogP contribution in [0.5, 0.6) is 5.75 Å². The molecular formula is C21H19ClN2O4S. The lowest BCUT2D eigenvalue weighted by atomic mass is 10.1. The number of para-hydroxylation sites is 2. The van der Waals surface area contributed by atoms with Crippen LogP contribution in [0, 0.1) is 0 Å². The van der Waals surface area contributed by atoms with E-state index >= 15 is 0 Å². The van der Waals surface area contributed by atoms with E-state index < -0.39 is 10.0 Å². The van der Waals surface area contributed by atoms with Crippen LogP contribution in [0.1, 0.15) is 5.56 Å². The summed E-state index contributed by atoms with van der Waals surface area (Å²) in [7, 11) is -2.40. The van der Waals surface area contributed by atoms with Crippen LogP contribution >= 0.6 is 11.6 Å². The smallest absolute Gasteiger partial charge is 0.262 e. The van der Waals surface area contributed by atoms with E-state index in [1.54, 1.807) is 60.7 Å². The number of carbonyl (C=O) groups excluding carboxylic acids is 1. The monoisotopic (exact) mass is 430 g/mol. The Hall–Kier alpha value is -3.03. The largest absolute Gasteiger partial charge is 0.495 e. The van der Waals surface area contributed by atoms with Gasteiger partial charge in [-0.2, -0.15) is 0 Å². The van der Waals surface area contributed by atoms with Gasteiger partial charge in [0.1, 0.15) is 5.75 Å². The molecule has 0 aromatic heterocycles. The molecule has 3 aromatic rings. The molecule has 0 saturated carbocycles. The van der Waals surface area contributed by atoms with Gasteiger partial charge in [0, 0.05) is 10.7 Å². The van der Waals surface area contributed by atoms with E-state index in [-0.39, 0.29) is 17.2 Å². The maximum absolute atomic E-state index is 12.7. The summed E-state index contributed by atoms with van der Waals surface area (Å²) in [4.78, 5) is 12.3. The molecule has 0 radical (unpaired) electrons. The van der Waals surface area contributed by atoms with Crippen LogP contribution in [-0.2, 0) is 21.2 Å². The van der Waals surface area contributed by atoms with Crippen molar-refractivity contribution in [3.8, 4) is 5.75 Å². The van der Waals surface area contributed by atoms with Crippen LogP contribution in [0.2, 0.25) is 5.02 Å². The molecule has 0 atom stereocenters. The molecule has 0 aliphatic heterocycles. The van der Waals surface area contributed by atoms with Crippen LogP contribution in [0.3, 0.4) is 0 Å². The number of hydrogen-bond acceptors (Lipinski definition) is 4. The molecule has 3 aromatic carbocycles. The van der Waals surface area contributed by atoms with Gasteiger partial charge in [-0.1, -0.05) is 41.9 Å². The van der Waals surface area contributed by atoms with Crippen molar-refractivity contribution < 1.29 is 17.9 Å². The van der Waals surface area contributed by atoms with Crippen LogP contribution in [0.25, 0.3) is 0 Å². The number of methoxy groups -OCH3 is 1. The van der Waals surface area contributed by atoms with Crippen molar-refractivity contribution in [3.05, 3.63) is 83.4 Å². The highest BCUT2D eigenvalue weighted by Gasteiger charge is 2.17. The Kier molecular flexibility index (Phi) is 6.41. The maximum atomic E-state index is 12.7. The number of halogens is 1. The van der Waals surface area contributed by atoms with Gasteiger partial charge in [0.05, 0.1) is 24.1 Å². The van der Waals surface area contributed by atoms with Crippen molar-refractivity contribution in [3.63, 3.8) is 0 Å². The predicted molar refractivity (Wildman–Crippen MR) is 114 cm³/mol. The van der Waals surface area contributed by atoms with Crippen LogP contribution in [-0.4, -0.2) is 21.4 Å². The number of rotatable bonds is 7. The van der Waals surface area contributed by atoms with Crippen molar-refractivity contribution in [2.75, 3.05) is 17.1 Å². The van der Waals surface area contributed by atoms with E-state index in [9.17, 15) is 13.2 Å². The van der Waals surface area contributed by atoms with Crippen molar-refractivity contribution in [2.24, 2.45) is 0 Å². The van der Waals surface area contributed by atoms with Crippen molar-refractivity contribution in [1.29, 1.82) is 0 Å². The fourth-order valence-corrected chi connectivity index (χ4v) is 3.91. The molecule has 0 aliphatic carbocycles. The second kappa shape index (κ2) is 8.98. The highest BCUT2D eigenvalue weighted by molar-refractivity contribution is 7.92. The highest BCUT2D eigenvalue weighted by Crippen LogP contribution is 2.26. The Labute approximate surface area is 174 Å². The molecule has 0 heterocycles. The summed E-state index contributed by atoms with van der Waals surface area (Å²) < 4.78 is 33.2. The average molecular weight is 431 g/mol. The van der Waals surface area contributed by atoms with Gasteiger partial charge in [-0.05, 0) is 48.0 Å². The third kappa shape index (κ3) is 5.49. The summed E-state index contributed by atoms with van der Waals surface area (Å²) in [6.07, 6.45) is 0.146. The topological polar surface area (TPSA) is 84.5 Å². The first-order chi connectivity index (χ1) is 13.9. The molecule has 0 saturated heterocycles. The molecule has 0 fully saturated rings. The first-order valence-corrected chi connectivity index (χ1v) is 10.5. The van der Waals surface area contributed by atoms with Crippen molar-refractivity contribution >= 4 is 38.9 Å². The average Bonchev–Trinajstić information content (AvgIpc) is 2.70. The first kappa shape index (κ1) is 20.7. The number of amides is 1. The molecule has 150 valence electrons. The summed E-state index contributed by atoms with van der Waals surface area (Å²) in [6.45, 7) is 0. The molecule has 29 heavy (non-hydrogen) atoms. The van der Waals surface area contributed by atoms with Crippen LogP contribution in [0.15, 0.2) is 77.7 Å². The zero-order chi connectivity index (χ0) is 20.9. The summed E-state index contributed by atoms with van der Waals surface area (Å²) in [5, 5.41) is 3.31. The van der Waals surface area contributed by atoms with Crippen LogP contribution in [0.4, 0.5) is 11.4 Å². The minimum atomic E-state index is -3.86. The SMILES string of the molecule is COc1ccccc1NS(=O)(=O)c1cccc(NC(=O)Cc2ccc(Cl)cc2)c1. The maximum Gasteiger partial charge on any atom is 0.262 e. The summed E-state index contributed by atoms with van der Waals surface area (Å²) in [6, 6.07) is 19.7. The molecule has 6 nitrogen and oxygen atoms in total. The van der Waals surface area contributed by atoms with Gasteiger partial charge >= 0.3 is 0 Å². The number of benzene rings is 3. The normalized spacial score (nSPS) is 11.0. The van der Waals surface area contributed by atoms with Gasteiger partial charge in [0.2, 0.25) is 5.91 Å². The third-order valence-electron chi connectivity index (χ3n) is 4.06. The molecule has 1 amide bonds. The summed E-state index contributed by atoms with van der Waals surface area (Å²) in [5.74, 6) is 0.142. The molecular weight excluding hydrogens is 412 g/mol. The van der Waals surface area contributed by atoms with E-state index in [1.807, 2.05) is 0 Å². The number of anilines is 2. The van der Waals surface area contributed by atoms with Gasteiger partial charge in [-0.25, -0.2) is 8.42 Å². The van der Waals surface area contributed by atoms with Gasteiger partial charge in [0.25, 0.3) is 10.0 Å². The Morgan fingerprint density at radius 1 is 1.00 bits per heavy atom.